The Morgan fingerprint density at radius 2 is 2.23 bits per heavy atom. The molecule has 3 heterocycles. The van der Waals surface area contributed by atoms with Gasteiger partial charge < -0.3 is 15.5 Å². The van der Waals surface area contributed by atoms with Crippen LogP contribution in [0.1, 0.15) is 30.1 Å². The summed E-state index contributed by atoms with van der Waals surface area (Å²) in [6, 6.07) is 10.6. The molecule has 1 aliphatic heterocycles. The van der Waals surface area contributed by atoms with Crippen molar-refractivity contribution in [1.82, 2.24) is 14.6 Å². The van der Waals surface area contributed by atoms with Crippen molar-refractivity contribution >= 4 is 17.3 Å². The van der Waals surface area contributed by atoms with Crippen molar-refractivity contribution in [3.8, 4) is 0 Å². The third-order valence-electron chi connectivity index (χ3n) is 4.58. The van der Waals surface area contributed by atoms with Crippen molar-refractivity contribution < 1.29 is 9.23 Å². The quantitative estimate of drug-likeness (QED) is 0.442. The van der Waals surface area contributed by atoms with Gasteiger partial charge in [-0.05, 0) is 42.7 Å². The zero-order chi connectivity index (χ0) is 18.1. The molecule has 8 heteroatoms. The minimum atomic E-state index is -0.224. The molecule has 0 aliphatic carbocycles. The molecule has 2 N–H and O–H groups in total. The first-order valence-electron chi connectivity index (χ1n) is 8.41. The normalized spacial score (nSPS) is 17.8. The molecule has 0 saturated carbocycles. The van der Waals surface area contributed by atoms with Crippen molar-refractivity contribution in [2.75, 3.05) is 18.6 Å². The van der Waals surface area contributed by atoms with Crippen molar-refractivity contribution in [3.05, 3.63) is 59.7 Å². The topological polar surface area (TPSA) is 81.0 Å². The summed E-state index contributed by atoms with van der Waals surface area (Å²) in [5.41, 5.74) is 8.10. The maximum atomic E-state index is 13.6. The van der Waals surface area contributed by atoms with Gasteiger partial charge in [0, 0.05) is 6.54 Å². The lowest BCUT2D eigenvalue weighted by Crippen LogP contribution is -2.25. The second kappa shape index (κ2) is 6.62. The molecular weight excluding hydrogens is 335 g/mol. The van der Waals surface area contributed by atoms with Gasteiger partial charge in [-0.15, -0.1) is 5.10 Å². The van der Waals surface area contributed by atoms with Crippen molar-refractivity contribution in [3.63, 3.8) is 0 Å². The van der Waals surface area contributed by atoms with Gasteiger partial charge in [0.2, 0.25) is 0 Å². The number of aromatic nitrogens is 3. The average molecular weight is 354 g/mol. The molecule has 7 nitrogen and oxygen atoms in total. The Hall–Kier alpha value is -3.16. The molecule has 1 saturated heterocycles. The molecule has 2 aromatic heterocycles. The van der Waals surface area contributed by atoms with Crippen LogP contribution in [0, 0.1) is 5.82 Å². The SMILES string of the molecule is CO/N=C(\N)c1cnc2ccc(N3CCC[C@@H]3c3cccc(F)c3)nn12. The van der Waals surface area contributed by atoms with Crippen molar-refractivity contribution in [1.29, 1.82) is 0 Å². The highest BCUT2D eigenvalue weighted by Crippen LogP contribution is 2.35. The predicted octanol–water partition coefficient (Wildman–Crippen LogP) is 2.48. The van der Waals surface area contributed by atoms with Gasteiger partial charge in [-0.3, -0.25) is 0 Å². The van der Waals surface area contributed by atoms with Gasteiger partial charge in [-0.2, -0.15) is 0 Å². The Morgan fingerprint density at radius 1 is 1.35 bits per heavy atom. The molecule has 1 aliphatic rings. The second-order valence-electron chi connectivity index (χ2n) is 6.17. The third kappa shape index (κ3) is 2.83. The number of anilines is 1. The highest BCUT2D eigenvalue weighted by molar-refractivity contribution is 5.96. The van der Waals surface area contributed by atoms with E-state index < -0.39 is 0 Å². The summed E-state index contributed by atoms with van der Waals surface area (Å²) in [5.74, 6) is 0.764. The molecule has 0 unspecified atom stereocenters. The maximum Gasteiger partial charge on any atom is 0.190 e. The van der Waals surface area contributed by atoms with Crippen LogP contribution in [0.3, 0.4) is 0 Å². The van der Waals surface area contributed by atoms with E-state index in [1.165, 1.54) is 13.2 Å². The van der Waals surface area contributed by atoms with Gasteiger partial charge in [-0.25, -0.2) is 13.9 Å². The number of benzene rings is 1. The molecule has 1 fully saturated rings. The number of imidazole rings is 1. The zero-order valence-electron chi connectivity index (χ0n) is 14.3. The molecule has 0 bridgehead atoms. The average Bonchev–Trinajstić information content (AvgIpc) is 3.28. The molecule has 4 rings (SSSR count). The molecule has 0 spiro atoms. The van der Waals surface area contributed by atoms with Gasteiger partial charge in [0.05, 0.1) is 12.2 Å². The van der Waals surface area contributed by atoms with Gasteiger partial charge in [0.1, 0.15) is 24.4 Å². The Bertz CT molecular complexity index is 969. The van der Waals surface area contributed by atoms with Crippen LogP contribution in [-0.2, 0) is 4.84 Å². The summed E-state index contributed by atoms with van der Waals surface area (Å²) in [7, 11) is 1.43. The number of halogens is 1. The van der Waals surface area contributed by atoms with E-state index in [0.717, 1.165) is 30.8 Å². The number of hydrogen-bond acceptors (Lipinski definition) is 5. The molecule has 134 valence electrons. The molecule has 0 radical (unpaired) electrons. The summed E-state index contributed by atoms with van der Waals surface area (Å²) < 4.78 is 15.3. The summed E-state index contributed by atoms with van der Waals surface area (Å²) in [6.07, 6.45) is 3.58. The highest BCUT2D eigenvalue weighted by Gasteiger charge is 2.28. The van der Waals surface area contributed by atoms with Crippen LogP contribution in [0.2, 0.25) is 0 Å². The standard InChI is InChI=1S/C18H19FN6O/c1-26-23-18(20)15-11-21-16-7-8-17(22-25(15)16)24-9-3-6-14(24)12-4-2-5-13(19)10-12/h2,4-5,7-8,10-11,14H,3,6,9H2,1H3,(H2,20,23)/t14-/m1/s1. The Balaban J connectivity index is 1.73. The first-order valence-corrected chi connectivity index (χ1v) is 8.41. The number of hydrogen-bond donors (Lipinski definition) is 1. The maximum absolute atomic E-state index is 13.6. The van der Waals surface area contributed by atoms with Crippen molar-refractivity contribution in [2.45, 2.75) is 18.9 Å². The molecule has 1 atom stereocenters. The minimum absolute atomic E-state index is 0.0904. The van der Waals surface area contributed by atoms with E-state index in [4.69, 9.17) is 10.6 Å². The predicted molar refractivity (Wildman–Crippen MR) is 96.4 cm³/mol. The van der Waals surface area contributed by atoms with E-state index in [1.807, 2.05) is 18.2 Å². The van der Waals surface area contributed by atoms with E-state index in [1.54, 1.807) is 22.8 Å². The Kier molecular flexibility index (Phi) is 4.16. The molecule has 1 aromatic carbocycles. The van der Waals surface area contributed by atoms with E-state index in [9.17, 15) is 4.39 Å². The summed E-state index contributed by atoms with van der Waals surface area (Å²) in [5, 5.41) is 8.44. The zero-order valence-corrected chi connectivity index (χ0v) is 14.3. The summed E-state index contributed by atoms with van der Waals surface area (Å²) >= 11 is 0. The van der Waals surface area contributed by atoms with Crippen LogP contribution >= 0.6 is 0 Å². The van der Waals surface area contributed by atoms with Crippen LogP contribution in [0.4, 0.5) is 10.2 Å². The van der Waals surface area contributed by atoms with Gasteiger partial charge in [0.15, 0.2) is 11.5 Å². The fourth-order valence-corrected chi connectivity index (χ4v) is 3.44. The number of nitrogens with zero attached hydrogens (tertiary/aromatic N) is 5. The second-order valence-corrected chi connectivity index (χ2v) is 6.17. The number of oxime groups is 1. The van der Waals surface area contributed by atoms with E-state index in [0.29, 0.717) is 11.3 Å². The monoisotopic (exact) mass is 354 g/mol. The number of nitrogens with two attached hydrogens (primary N) is 1. The first-order chi connectivity index (χ1) is 12.7. The van der Waals surface area contributed by atoms with Crippen LogP contribution in [-0.4, -0.2) is 34.1 Å². The largest absolute Gasteiger partial charge is 0.397 e. The Labute approximate surface area is 149 Å². The van der Waals surface area contributed by atoms with Gasteiger partial charge in [-0.1, -0.05) is 17.3 Å². The molecule has 3 aromatic rings. The van der Waals surface area contributed by atoms with Gasteiger partial charge >= 0.3 is 0 Å². The third-order valence-corrected chi connectivity index (χ3v) is 4.58. The highest BCUT2D eigenvalue weighted by atomic mass is 19.1. The smallest absolute Gasteiger partial charge is 0.190 e. The van der Waals surface area contributed by atoms with E-state index in [-0.39, 0.29) is 17.7 Å². The van der Waals surface area contributed by atoms with Crippen LogP contribution < -0.4 is 10.6 Å². The molecule has 26 heavy (non-hydrogen) atoms. The van der Waals surface area contributed by atoms with Crippen LogP contribution in [0.5, 0.6) is 0 Å². The van der Waals surface area contributed by atoms with Crippen LogP contribution in [0.25, 0.3) is 5.65 Å². The number of amidine groups is 1. The fraction of sp³-hybridized carbons (Fsp3) is 0.278. The van der Waals surface area contributed by atoms with Crippen molar-refractivity contribution in [2.24, 2.45) is 10.9 Å². The summed E-state index contributed by atoms with van der Waals surface area (Å²) in [6.45, 7) is 0.853. The Morgan fingerprint density at radius 3 is 3.04 bits per heavy atom. The lowest BCUT2D eigenvalue weighted by molar-refractivity contribution is 0.213. The number of rotatable bonds is 4. The van der Waals surface area contributed by atoms with E-state index in [2.05, 4.69) is 20.1 Å². The molecule has 0 amide bonds. The number of fused-ring (bicyclic) bond motifs is 1. The van der Waals surface area contributed by atoms with E-state index >= 15 is 0 Å². The molecular formula is C18H19FN6O. The van der Waals surface area contributed by atoms with Gasteiger partial charge in [0.25, 0.3) is 0 Å². The lowest BCUT2D eigenvalue weighted by atomic mass is 10.0. The van der Waals surface area contributed by atoms with Crippen LogP contribution in [0.15, 0.2) is 47.8 Å². The lowest BCUT2D eigenvalue weighted by Gasteiger charge is -2.26. The first kappa shape index (κ1) is 16.3. The minimum Gasteiger partial charge on any atom is -0.397 e. The summed E-state index contributed by atoms with van der Waals surface area (Å²) in [4.78, 5) is 11.2. The fourth-order valence-electron chi connectivity index (χ4n) is 3.44.